The van der Waals surface area contributed by atoms with E-state index in [-0.39, 0.29) is 12.7 Å². The highest BCUT2D eigenvalue weighted by Crippen LogP contribution is 2.20. The Morgan fingerprint density at radius 3 is 2.17 bits per heavy atom. The Bertz CT molecular complexity index is 839. The number of hydrogen-bond donors (Lipinski definition) is 1. The van der Waals surface area contributed by atoms with E-state index in [0.29, 0.717) is 18.8 Å². The van der Waals surface area contributed by atoms with E-state index in [4.69, 9.17) is 9.47 Å². The predicted octanol–water partition coefficient (Wildman–Crippen LogP) is 4.49. The molecule has 1 aliphatic rings. The molecule has 2 aromatic rings. The van der Waals surface area contributed by atoms with Crippen LogP contribution in [0.1, 0.15) is 26.3 Å². The average molecular weight is 412 g/mol. The van der Waals surface area contributed by atoms with Crippen LogP contribution in [0.2, 0.25) is 0 Å². The molecule has 0 radical (unpaired) electrons. The summed E-state index contributed by atoms with van der Waals surface area (Å²) < 4.78 is 10.7. The second-order valence-electron chi connectivity index (χ2n) is 8.19. The van der Waals surface area contributed by atoms with Crippen molar-refractivity contribution in [1.29, 1.82) is 0 Å². The second kappa shape index (κ2) is 9.52. The summed E-state index contributed by atoms with van der Waals surface area (Å²) in [6.45, 7) is 8.51. The minimum atomic E-state index is -0.488. The summed E-state index contributed by atoms with van der Waals surface area (Å²) in [6, 6.07) is 17.1. The average Bonchev–Trinajstić information content (AvgIpc) is 2.72. The van der Waals surface area contributed by atoms with Gasteiger partial charge in [0.15, 0.2) is 0 Å². The third-order valence-electron chi connectivity index (χ3n) is 4.62. The van der Waals surface area contributed by atoms with E-state index in [1.807, 2.05) is 75.4 Å². The normalized spacial score (nSPS) is 14.2. The van der Waals surface area contributed by atoms with Gasteiger partial charge in [-0.15, -0.1) is 0 Å². The summed E-state index contributed by atoms with van der Waals surface area (Å²) in [5.41, 5.74) is 2.17. The molecule has 30 heavy (non-hydrogen) atoms. The third kappa shape index (κ3) is 6.40. The highest BCUT2D eigenvalue weighted by Gasteiger charge is 2.25. The molecule has 7 nitrogen and oxygen atoms in total. The summed E-state index contributed by atoms with van der Waals surface area (Å²) in [6.07, 6.45) is -0.756. The number of rotatable bonds is 4. The lowest BCUT2D eigenvalue weighted by Gasteiger charge is -2.36. The van der Waals surface area contributed by atoms with Crippen LogP contribution < -0.4 is 10.2 Å². The number of nitrogens with zero attached hydrogens (tertiary/aromatic N) is 2. The first-order valence-corrected chi connectivity index (χ1v) is 10.1. The van der Waals surface area contributed by atoms with Crippen LogP contribution in [0.25, 0.3) is 0 Å². The lowest BCUT2D eigenvalue weighted by Crippen LogP contribution is -2.50. The maximum atomic E-state index is 12.2. The first-order chi connectivity index (χ1) is 14.3. The Morgan fingerprint density at radius 2 is 1.57 bits per heavy atom. The van der Waals surface area contributed by atoms with Crippen molar-refractivity contribution in [1.82, 2.24) is 4.90 Å². The number of benzene rings is 2. The molecule has 3 rings (SSSR count). The minimum absolute atomic E-state index is 0.229. The number of piperazine rings is 1. The molecule has 0 aromatic heterocycles. The number of hydrogen-bond acceptors (Lipinski definition) is 5. The van der Waals surface area contributed by atoms with Crippen LogP contribution in [0.4, 0.5) is 21.0 Å². The van der Waals surface area contributed by atoms with Gasteiger partial charge in [0, 0.05) is 37.6 Å². The van der Waals surface area contributed by atoms with E-state index in [9.17, 15) is 9.59 Å². The molecule has 0 saturated carbocycles. The first-order valence-electron chi connectivity index (χ1n) is 10.1. The molecule has 1 heterocycles. The SMILES string of the molecule is CC(C)(C)OC(=O)N1CCN(c2ccc(NC(=O)OCc3ccccc3)cc2)CC1. The molecule has 2 aromatic carbocycles. The first kappa shape index (κ1) is 21.5. The predicted molar refractivity (Wildman–Crippen MR) is 117 cm³/mol. The lowest BCUT2D eigenvalue weighted by atomic mass is 10.2. The monoisotopic (exact) mass is 411 g/mol. The van der Waals surface area contributed by atoms with Crippen molar-refractivity contribution < 1.29 is 19.1 Å². The number of amides is 2. The molecular weight excluding hydrogens is 382 g/mol. The highest BCUT2D eigenvalue weighted by atomic mass is 16.6. The summed E-state index contributed by atoms with van der Waals surface area (Å²) in [7, 11) is 0. The topological polar surface area (TPSA) is 71.1 Å². The molecule has 2 amide bonds. The van der Waals surface area contributed by atoms with E-state index in [1.165, 1.54) is 0 Å². The van der Waals surface area contributed by atoms with Crippen molar-refractivity contribution in [3.63, 3.8) is 0 Å². The Labute approximate surface area is 177 Å². The fourth-order valence-electron chi connectivity index (χ4n) is 3.11. The molecule has 0 atom stereocenters. The molecule has 7 heteroatoms. The van der Waals surface area contributed by atoms with Crippen LogP contribution >= 0.6 is 0 Å². The molecule has 1 N–H and O–H groups in total. The Kier molecular flexibility index (Phi) is 6.82. The van der Waals surface area contributed by atoms with Gasteiger partial charge in [-0.3, -0.25) is 5.32 Å². The number of carbonyl (C=O) groups excluding carboxylic acids is 2. The van der Waals surface area contributed by atoms with E-state index in [2.05, 4.69) is 10.2 Å². The largest absolute Gasteiger partial charge is 0.444 e. The Hall–Kier alpha value is -3.22. The number of carbonyl (C=O) groups is 2. The van der Waals surface area contributed by atoms with E-state index >= 15 is 0 Å². The van der Waals surface area contributed by atoms with Gasteiger partial charge in [0.2, 0.25) is 0 Å². The second-order valence-corrected chi connectivity index (χ2v) is 8.19. The molecule has 1 aliphatic heterocycles. The van der Waals surface area contributed by atoms with Crippen molar-refractivity contribution in [2.45, 2.75) is 33.0 Å². The van der Waals surface area contributed by atoms with Crippen LogP contribution in [0, 0.1) is 0 Å². The van der Waals surface area contributed by atoms with Gasteiger partial charge < -0.3 is 19.3 Å². The van der Waals surface area contributed by atoms with Crippen LogP contribution in [0.5, 0.6) is 0 Å². The Morgan fingerprint density at radius 1 is 0.933 bits per heavy atom. The quantitative estimate of drug-likeness (QED) is 0.803. The van der Waals surface area contributed by atoms with E-state index < -0.39 is 11.7 Å². The van der Waals surface area contributed by atoms with Gasteiger partial charge in [0.25, 0.3) is 0 Å². The van der Waals surface area contributed by atoms with Gasteiger partial charge in [-0.05, 0) is 50.6 Å². The fraction of sp³-hybridized carbons (Fsp3) is 0.391. The summed E-state index contributed by atoms with van der Waals surface area (Å²) >= 11 is 0. The van der Waals surface area contributed by atoms with Crippen LogP contribution in [-0.2, 0) is 16.1 Å². The maximum absolute atomic E-state index is 12.2. The van der Waals surface area contributed by atoms with Crippen LogP contribution in [-0.4, -0.2) is 48.9 Å². The molecule has 1 fully saturated rings. The van der Waals surface area contributed by atoms with Crippen molar-refractivity contribution in [2.24, 2.45) is 0 Å². The van der Waals surface area contributed by atoms with Crippen molar-refractivity contribution in [2.75, 3.05) is 36.4 Å². The summed E-state index contributed by atoms with van der Waals surface area (Å²) in [5, 5.41) is 2.74. The van der Waals surface area contributed by atoms with E-state index in [0.717, 1.165) is 24.3 Å². The van der Waals surface area contributed by atoms with Gasteiger partial charge in [0.1, 0.15) is 12.2 Å². The van der Waals surface area contributed by atoms with Crippen LogP contribution in [0.15, 0.2) is 54.6 Å². The van der Waals surface area contributed by atoms with E-state index in [1.54, 1.807) is 4.90 Å². The Balaban J connectivity index is 1.45. The van der Waals surface area contributed by atoms with Crippen LogP contribution in [0.3, 0.4) is 0 Å². The van der Waals surface area contributed by atoms with Gasteiger partial charge in [-0.1, -0.05) is 30.3 Å². The maximum Gasteiger partial charge on any atom is 0.411 e. The zero-order valence-electron chi connectivity index (χ0n) is 17.8. The van der Waals surface area contributed by atoms with Crippen molar-refractivity contribution in [3.05, 3.63) is 60.2 Å². The molecule has 0 unspecified atom stereocenters. The van der Waals surface area contributed by atoms with Gasteiger partial charge in [0.05, 0.1) is 0 Å². The molecule has 0 spiro atoms. The molecule has 0 bridgehead atoms. The van der Waals surface area contributed by atoms with Crippen molar-refractivity contribution >= 4 is 23.6 Å². The highest BCUT2D eigenvalue weighted by molar-refractivity contribution is 5.84. The zero-order chi connectivity index (χ0) is 21.6. The summed E-state index contributed by atoms with van der Waals surface area (Å²) in [4.78, 5) is 28.1. The van der Waals surface area contributed by atoms with Gasteiger partial charge in [-0.2, -0.15) is 0 Å². The summed E-state index contributed by atoms with van der Waals surface area (Å²) in [5.74, 6) is 0. The van der Waals surface area contributed by atoms with Gasteiger partial charge >= 0.3 is 12.2 Å². The minimum Gasteiger partial charge on any atom is -0.444 e. The van der Waals surface area contributed by atoms with Crippen molar-refractivity contribution in [3.8, 4) is 0 Å². The lowest BCUT2D eigenvalue weighted by molar-refractivity contribution is 0.0240. The smallest absolute Gasteiger partial charge is 0.411 e. The van der Waals surface area contributed by atoms with Gasteiger partial charge in [-0.25, -0.2) is 9.59 Å². The zero-order valence-corrected chi connectivity index (χ0v) is 17.8. The molecule has 1 saturated heterocycles. The molecule has 160 valence electrons. The third-order valence-corrected chi connectivity index (χ3v) is 4.62. The fourth-order valence-corrected chi connectivity index (χ4v) is 3.11. The molecule has 0 aliphatic carbocycles. The number of nitrogens with one attached hydrogen (secondary N) is 1. The number of anilines is 2. The standard InChI is InChI=1S/C23H29N3O4/c1-23(2,3)30-22(28)26-15-13-25(14-16-26)20-11-9-19(10-12-20)24-21(27)29-17-18-7-5-4-6-8-18/h4-12H,13-17H2,1-3H3,(H,24,27). The number of ether oxygens (including phenoxy) is 2. The molecular formula is C23H29N3O4.